The van der Waals surface area contributed by atoms with Crippen molar-refractivity contribution in [2.45, 2.75) is 45.4 Å². The van der Waals surface area contributed by atoms with Crippen LogP contribution in [0.2, 0.25) is 0 Å². The number of hydrogen-bond donors (Lipinski definition) is 2. The van der Waals surface area contributed by atoms with Crippen molar-refractivity contribution in [3.63, 3.8) is 0 Å². The lowest BCUT2D eigenvalue weighted by atomic mass is 9.94. The number of rotatable bonds is 8. The molecule has 1 aromatic heterocycles. The Balaban J connectivity index is 1.85. The van der Waals surface area contributed by atoms with Gasteiger partial charge in [0.2, 0.25) is 0 Å². The second kappa shape index (κ2) is 13.4. The first-order valence-electron chi connectivity index (χ1n) is 12.4. The topological polar surface area (TPSA) is 177 Å². The van der Waals surface area contributed by atoms with Gasteiger partial charge in [0.05, 0.1) is 19.4 Å². The second-order valence-electron chi connectivity index (χ2n) is 9.16. The summed E-state index contributed by atoms with van der Waals surface area (Å²) >= 11 is 0. The number of nitrogens with zero attached hydrogens (tertiary/aromatic N) is 1. The molecule has 13 nitrogen and oxygen atoms in total. The predicted octanol–water partition coefficient (Wildman–Crippen LogP) is 1.56. The average molecular weight is 559 g/mol. The van der Waals surface area contributed by atoms with Gasteiger partial charge in [-0.3, -0.25) is 19.2 Å². The van der Waals surface area contributed by atoms with Gasteiger partial charge in [-0.25, -0.2) is 9.78 Å². The number of cyclic esters (lactones) is 2. The van der Waals surface area contributed by atoms with E-state index in [0.717, 1.165) is 0 Å². The van der Waals surface area contributed by atoms with E-state index in [2.05, 4.69) is 10.3 Å². The molecule has 0 radical (unpaired) electrons. The summed E-state index contributed by atoms with van der Waals surface area (Å²) in [7, 11) is 1.28. The number of aromatic nitrogens is 1. The van der Waals surface area contributed by atoms with Crippen molar-refractivity contribution in [3.05, 3.63) is 48.3 Å². The Morgan fingerprint density at radius 1 is 1.12 bits per heavy atom. The van der Waals surface area contributed by atoms with Crippen molar-refractivity contribution in [1.82, 2.24) is 10.3 Å². The number of ether oxygens (including phenoxy) is 5. The number of methoxy groups -OCH3 is 1. The third kappa shape index (κ3) is 7.46. The molecule has 214 valence electrons. The van der Waals surface area contributed by atoms with Crippen LogP contribution in [0, 0.1) is 11.8 Å². The Hall–Kier alpha value is -4.68. The fraction of sp³-hybridized carbons (Fsp3) is 0.407. The summed E-state index contributed by atoms with van der Waals surface area (Å²) in [5, 5.41) is 12.5. The smallest absolute Gasteiger partial charge is 0.332 e. The Bertz CT molecular complexity index is 1250. The maximum absolute atomic E-state index is 13.2. The highest BCUT2D eigenvalue weighted by molar-refractivity contribution is 5.98. The van der Waals surface area contributed by atoms with Crippen molar-refractivity contribution in [3.8, 4) is 17.2 Å². The first-order valence-corrected chi connectivity index (χ1v) is 12.4. The van der Waals surface area contributed by atoms with Crippen LogP contribution >= 0.6 is 0 Å². The van der Waals surface area contributed by atoms with Gasteiger partial charge >= 0.3 is 23.9 Å². The van der Waals surface area contributed by atoms with Gasteiger partial charge < -0.3 is 34.1 Å². The molecule has 2 N–H and O–H groups in total. The summed E-state index contributed by atoms with van der Waals surface area (Å²) in [4.78, 5) is 68.0. The van der Waals surface area contributed by atoms with Crippen LogP contribution in [0.3, 0.4) is 0 Å². The summed E-state index contributed by atoms with van der Waals surface area (Å²) in [5.74, 6) is -6.87. The highest BCUT2D eigenvalue weighted by atomic mass is 16.6. The third-order valence-corrected chi connectivity index (χ3v) is 5.85. The Labute approximate surface area is 229 Å². The number of pyridine rings is 1. The largest absolute Gasteiger partial charge is 0.503 e. The van der Waals surface area contributed by atoms with E-state index in [4.69, 9.17) is 23.7 Å². The molecule has 1 aliphatic rings. The van der Waals surface area contributed by atoms with E-state index in [0.29, 0.717) is 0 Å². The van der Waals surface area contributed by atoms with Crippen LogP contribution in [0.25, 0.3) is 0 Å². The number of aromatic hydroxyl groups is 1. The monoisotopic (exact) mass is 558 g/mol. The molecule has 1 saturated heterocycles. The molecule has 4 atom stereocenters. The standard InChI is InChI=1S/C27H30N2O11/c1-14(2)25(33)40-23-15(3)38-27(35)18(29-24(32)21-22(31)19(36-4)10-11-28-21)13-37-26(34)17(23)12-20(30)39-16-8-6-5-7-9-16/h5-11,14-15,17-18,23,31H,12-13H2,1-4H3,(H,29,32). The second-order valence-corrected chi connectivity index (χ2v) is 9.16. The van der Waals surface area contributed by atoms with Crippen molar-refractivity contribution in [2.24, 2.45) is 11.8 Å². The molecular formula is C27H30N2O11. The van der Waals surface area contributed by atoms with E-state index in [1.807, 2.05) is 0 Å². The number of para-hydroxylation sites is 1. The van der Waals surface area contributed by atoms with Gasteiger partial charge in [-0.2, -0.15) is 0 Å². The van der Waals surface area contributed by atoms with Crippen molar-refractivity contribution in [2.75, 3.05) is 13.7 Å². The molecule has 1 amide bonds. The predicted molar refractivity (Wildman–Crippen MR) is 135 cm³/mol. The van der Waals surface area contributed by atoms with E-state index < -0.39 is 84.3 Å². The fourth-order valence-corrected chi connectivity index (χ4v) is 3.72. The molecule has 3 rings (SSSR count). The first-order chi connectivity index (χ1) is 19.0. The average Bonchev–Trinajstić information content (AvgIpc) is 2.95. The van der Waals surface area contributed by atoms with Crippen molar-refractivity contribution in [1.29, 1.82) is 0 Å². The third-order valence-electron chi connectivity index (χ3n) is 5.85. The van der Waals surface area contributed by atoms with Crippen LogP contribution in [-0.2, 0) is 33.4 Å². The number of carbonyl (C=O) groups excluding carboxylic acids is 5. The number of benzene rings is 1. The molecule has 2 aromatic rings. The van der Waals surface area contributed by atoms with Gasteiger partial charge in [-0.15, -0.1) is 0 Å². The van der Waals surface area contributed by atoms with Crippen LogP contribution < -0.4 is 14.8 Å². The molecule has 2 heterocycles. The minimum absolute atomic E-state index is 0.0303. The minimum atomic E-state index is -1.53. The molecule has 0 aliphatic carbocycles. The highest BCUT2D eigenvalue weighted by Crippen LogP contribution is 2.28. The summed E-state index contributed by atoms with van der Waals surface area (Å²) < 4.78 is 26.5. The zero-order valence-electron chi connectivity index (χ0n) is 22.3. The van der Waals surface area contributed by atoms with Crippen LogP contribution in [0.4, 0.5) is 0 Å². The first kappa shape index (κ1) is 29.9. The van der Waals surface area contributed by atoms with E-state index in [9.17, 15) is 29.1 Å². The molecule has 4 unspecified atom stereocenters. The molecule has 1 aliphatic heterocycles. The molecule has 0 spiro atoms. The highest BCUT2D eigenvalue weighted by Gasteiger charge is 2.43. The van der Waals surface area contributed by atoms with Crippen molar-refractivity contribution < 1.29 is 52.8 Å². The van der Waals surface area contributed by atoms with Gasteiger partial charge in [0, 0.05) is 12.3 Å². The maximum Gasteiger partial charge on any atom is 0.332 e. The minimum Gasteiger partial charge on any atom is -0.503 e. The molecule has 1 aromatic carbocycles. The van der Waals surface area contributed by atoms with Gasteiger partial charge in [0.15, 0.2) is 29.3 Å². The van der Waals surface area contributed by atoms with Gasteiger partial charge in [0.25, 0.3) is 5.91 Å². The molecule has 0 bridgehead atoms. The van der Waals surface area contributed by atoms with Crippen molar-refractivity contribution >= 4 is 29.8 Å². The summed E-state index contributed by atoms with van der Waals surface area (Å²) in [6.07, 6.45) is -2.00. The lowest BCUT2D eigenvalue weighted by Gasteiger charge is -2.29. The molecular weight excluding hydrogens is 528 g/mol. The summed E-state index contributed by atoms with van der Waals surface area (Å²) in [6, 6.07) is 7.92. The normalized spacial score (nSPS) is 21.1. The molecule has 13 heteroatoms. The van der Waals surface area contributed by atoms with E-state index in [1.165, 1.54) is 26.3 Å². The zero-order valence-corrected chi connectivity index (χ0v) is 22.3. The molecule has 40 heavy (non-hydrogen) atoms. The Kier molecular flexibility index (Phi) is 10.0. The molecule has 0 saturated carbocycles. The van der Waals surface area contributed by atoms with Crippen LogP contribution in [-0.4, -0.2) is 71.8 Å². The fourth-order valence-electron chi connectivity index (χ4n) is 3.72. The van der Waals surface area contributed by atoms with Crippen LogP contribution in [0.1, 0.15) is 37.7 Å². The van der Waals surface area contributed by atoms with E-state index in [-0.39, 0.29) is 11.5 Å². The summed E-state index contributed by atoms with van der Waals surface area (Å²) in [5.41, 5.74) is -0.448. The number of esters is 4. The van der Waals surface area contributed by atoms with E-state index >= 15 is 0 Å². The van der Waals surface area contributed by atoms with Crippen LogP contribution in [0.5, 0.6) is 17.2 Å². The number of nitrogens with one attached hydrogen (secondary N) is 1. The zero-order chi connectivity index (χ0) is 29.4. The van der Waals surface area contributed by atoms with Gasteiger partial charge in [0.1, 0.15) is 24.4 Å². The Morgan fingerprint density at radius 3 is 2.48 bits per heavy atom. The number of carbonyl (C=O) groups is 5. The quantitative estimate of drug-likeness (QED) is 0.272. The maximum atomic E-state index is 13.2. The van der Waals surface area contributed by atoms with Gasteiger partial charge in [-0.05, 0) is 19.1 Å². The lowest BCUT2D eigenvalue weighted by Crippen LogP contribution is -2.47. The summed E-state index contributed by atoms with van der Waals surface area (Å²) in [6.45, 7) is 3.83. The molecule has 1 fully saturated rings. The number of hydrogen-bond acceptors (Lipinski definition) is 12. The SMILES string of the molecule is COc1ccnc(C(=O)NC2COC(=O)C(CC(=O)Oc3ccccc3)C(OC(=O)C(C)C)C(C)OC2=O)c1O. The number of amides is 1. The van der Waals surface area contributed by atoms with E-state index in [1.54, 1.807) is 44.2 Å². The van der Waals surface area contributed by atoms with Gasteiger partial charge in [-0.1, -0.05) is 32.0 Å². The Morgan fingerprint density at radius 2 is 1.82 bits per heavy atom. The lowest BCUT2D eigenvalue weighted by molar-refractivity contribution is -0.178. The van der Waals surface area contributed by atoms with Crippen LogP contribution in [0.15, 0.2) is 42.6 Å².